The monoisotopic (exact) mass is 396 g/mol. The number of hydrogen-bond acceptors (Lipinski definition) is 7. The molecule has 9 nitrogen and oxygen atoms in total. The third-order valence-corrected chi connectivity index (χ3v) is 4.63. The zero-order chi connectivity index (χ0) is 21.0. The lowest BCUT2D eigenvalue weighted by Crippen LogP contribution is -2.21. The van der Waals surface area contributed by atoms with Gasteiger partial charge in [-0.1, -0.05) is 19.1 Å². The van der Waals surface area contributed by atoms with Gasteiger partial charge in [0.1, 0.15) is 0 Å². The minimum absolute atomic E-state index is 0.123. The van der Waals surface area contributed by atoms with Crippen molar-refractivity contribution in [2.24, 2.45) is 0 Å². The van der Waals surface area contributed by atoms with Crippen LogP contribution in [0.5, 0.6) is 0 Å². The van der Waals surface area contributed by atoms with Crippen molar-refractivity contribution in [1.29, 1.82) is 0 Å². The average Bonchev–Trinajstić information content (AvgIpc) is 3.06. The smallest absolute Gasteiger partial charge is 0.306 e. The lowest BCUT2D eigenvalue weighted by molar-refractivity contribution is -0.147. The van der Waals surface area contributed by atoms with Crippen LogP contribution in [0.1, 0.15) is 35.9 Å². The number of anilines is 2. The first-order chi connectivity index (χ1) is 13.9. The van der Waals surface area contributed by atoms with Crippen molar-refractivity contribution in [2.45, 2.75) is 40.0 Å². The van der Waals surface area contributed by atoms with Crippen molar-refractivity contribution in [3.8, 4) is 0 Å². The van der Waals surface area contributed by atoms with Crippen molar-refractivity contribution in [1.82, 2.24) is 19.6 Å². The number of benzene rings is 1. The van der Waals surface area contributed by atoms with Crippen molar-refractivity contribution in [3.05, 3.63) is 46.8 Å². The summed E-state index contributed by atoms with van der Waals surface area (Å²) in [5, 5.41) is 6.83. The van der Waals surface area contributed by atoms with E-state index in [-0.39, 0.29) is 24.9 Å². The molecule has 3 N–H and O–H groups in total. The molecule has 0 aliphatic carbocycles. The Hall–Kier alpha value is -3.49. The van der Waals surface area contributed by atoms with Crippen LogP contribution in [0.25, 0.3) is 5.78 Å². The SMILES string of the molecule is CCc1cccc(NC(=O)COC(=O)CCc2c(C)nc3nc(N)nn3c2C)c1. The first-order valence-electron chi connectivity index (χ1n) is 9.40. The van der Waals surface area contributed by atoms with E-state index < -0.39 is 5.97 Å². The Morgan fingerprint density at radius 3 is 2.79 bits per heavy atom. The molecule has 0 bridgehead atoms. The van der Waals surface area contributed by atoms with Crippen LogP contribution in [0.2, 0.25) is 0 Å². The molecule has 0 radical (unpaired) electrons. The molecule has 0 saturated carbocycles. The van der Waals surface area contributed by atoms with E-state index in [1.165, 1.54) is 0 Å². The number of nitrogen functional groups attached to an aromatic ring is 1. The number of amides is 1. The summed E-state index contributed by atoms with van der Waals surface area (Å²) in [6.07, 6.45) is 1.41. The number of hydrogen-bond donors (Lipinski definition) is 2. The highest BCUT2D eigenvalue weighted by molar-refractivity contribution is 5.92. The van der Waals surface area contributed by atoms with Crippen LogP contribution in [0.4, 0.5) is 11.6 Å². The zero-order valence-electron chi connectivity index (χ0n) is 16.7. The summed E-state index contributed by atoms with van der Waals surface area (Å²) in [4.78, 5) is 32.5. The van der Waals surface area contributed by atoms with E-state index in [9.17, 15) is 9.59 Å². The maximum absolute atomic E-state index is 12.1. The molecule has 0 saturated heterocycles. The van der Waals surface area contributed by atoms with E-state index in [1.807, 2.05) is 39.0 Å². The Morgan fingerprint density at radius 1 is 1.24 bits per heavy atom. The van der Waals surface area contributed by atoms with Gasteiger partial charge in [-0.05, 0) is 49.9 Å². The summed E-state index contributed by atoms with van der Waals surface area (Å²) in [6, 6.07) is 7.55. The molecule has 29 heavy (non-hydrogen) atoms. The van der Waals surface area contributed by atoms with E-state index in [2.05, 4.69) is 20.4 Å². The lowest BCUT2D eigenvalue weighted by Gasteiger charge is -2.10. The fourth-order valence-electron chi connectivity index (χ4n) is 3.10. The van der Waals surface area contributed by atoms with Crippen LogP contribution >= 0.6 is 0 Å². The van der Waals surface area contributed by atoms with Crippen LogP contribution in [-0.4, -0.2) is 38.1 Å². The van der Waals surface area contributed by atoms with Crippen LogP contribution in [0.3, 0.4) is 0 Å². The third kappa shape index (κ3) is 4.87. The Morgan fingerprint density at radius 2 is 2.03 bits per heavy atom. The maximum atomic E-state index is 12.1. The Bertz CT molecular complexity index is 1060. The number of fused-ring (bicyclic) bond motifs is 1. The van der Waals surface area contributed by atoms with Crippen LogP contribution in [0.15, 0.2) is 24.3 Å². The third-order valence-electron chi connectivity index (χ3n) is 4.63. The quantitative estimate of drug-likeness (QED) is 0.585. The van der Waals surface area contributed by atoms with Crippen molar-refractivity contribution >= 4 is 29.3 Å². The highest BCUT2D eigenvalue weighted by atomic mass is 16.5. The van der Waals surface area contributed by atoms with Gasteiger partial charge < -0.3 is 15.8 Å². The van der Waals surface area contributed by atoms with E-state index in [0.717, 1.165) is 28.9 Å². The number of nitrogens with zero attached hydrogens (tertiary/aromatic N) is 4. The Kier molecular flexibility index (Phi) is 6.06. The number of aryl methyl sites for hydroxylation is 3. The second-order valence-electron chi connectivity index (χ2n) is 6.71. The number of ether oxygens (including phenoxy) is 1. The van der Waals surface area contributed by atoms with Gasteiger partial charge in [-0.3, -0.25) is 9.59 Å². The first kappa shape index (κ1) is 20.2. The van der Waals surface area contributed by atoms with E-state index >= 15 is 0 Å². The molecule has 3 rings (SSSR count). The summed E-state index contributed by atoms with van der Waals surface area (Å²) in [7, 11) is 0. The van der Waals surface area contributed by atoms with Crippen LogP contribution in [-0.2, 0) is 27.2 Å². The minimum Gasteiger partial charge on any atom is -0.456 e. The van der Waals surface area contributed by atoms with Crippen molar-refractivity contribution < 1.29 is 14.3 Å². The van der Waals surface area contributed by atoms with Gasteiger partial charge in [-0.25, -0.2) is 4.98 Å². The maximum Gasteiger partial charge on any atom is 0.306 e. The predicted molar refractivity (Wildman–Crippen MR) is 108 cm³/mol. The van der Waals surface area contributed by atoms with Gasteiger partial charge in [0.2, 0.25) is 5.95 Å². The highest BCUT2D eigenvalue weighted by Gasteiger charge is 2.15. The number of carbonyl (C=O) groups excluding carboxylic acids is 2. The normalized spacial score (nSPS) is 10.9. The summed E-state index contributed by atoms with van der Waals surface area (Å²) < 4.78 is 6.66. The standard InChI is InChI=1S/C20H24N6O3/c1-4-14-6-5-7-15(10-14)23-17(27)11-29-18(28)9-8-16-12(2)22-20-24-19(21)25-26(20)13(16)3/h5-7,10H,4,8-9,11H2,1-3H3,(H2,21,25)(H,23,27). The molecule has 1 amide bonds. The largest absolute Gasteiger partial charge is 0.456 e. The molecule has 2 aromatic heterocycles. The zero-order valence-corrected chi connectivity index (χ0v) is 16.7. The van der Waals surface area contributed by atoms with Gasteiger partial charge in [-0.2, -0.15) is 9.50 Å². The molecule has 0 spiro atoms. The number of rotatable bonds is 7. The lowest BCUT2D eigenvalue weighted by atomic mass is 10.1. The number of carbonyl (C=O) groups is 2. The second kappa shape index (κ2) is 8.68. The highest BCUT2D eigenvalue weighted by Crippen LogP contribution is 2.16. The summed E-state index contributed by atoms with van der Waals surface area (Å²) >= 11 is 0. The fraction of sp³-hybridized carbons (Fsp3) is 0.350. The second-order valence-corrected chi connectivity index (χ2v) is 6.71. The predicted octanol–water partition coefficient (Wildman–Crippen LogP) is 2.00. The Balaban J connectivity index is 1.53. The molecular formula is C20H24N6O3. The molecule has 0 aliphatic rings. The van der Waals surface area contributed by atoms with Crippen molar-refractivity contribution in [2.75, 3.05) is 17.7 Å². The summed E-state index contributed by atoms with van der Waals surface area (Å²) in [5.41, 5.74) is 9.87. The summed E-state index contributed by atoms with van der Waals surface area (Å²) in [5.74, 6) is -0.265. The molecular weight excluding hydrogens is 372 g/mol. The van der Waals surface area contributed by atoms with Gasteiger partial charge in [0.05, 0.1) is 0 Å². The molecule has 9 heteroatoms. The molecule has 3 aromatic rings. The first-order valence-corrected chi connectivity index (χ1v) is 9.40. The van der Waals surface area contributed by atoms with E-state index in [1.54, 1.807) is 10.6 Å². The molecule has 2 heterocycles. The average molecular weight is 396 g/mol. The van der Waals surface area contributed by atoms with Gasteiger partial charge in [-0.15, -0.1) is 5.10 Å². The van der Waals surface area contributed by atoms with Crippen molar-refractivity contribution in [3.63, 3.8) is 0 Å². The number of esters is 1. The number of nitrogens with two attached hydrogens (primary N) is 1. The fourth-order valence-corrected chi connectivity index (χ4v) is 3.10. The summed E-state index contributed by atoms with van der Waals surface area (Å²) in [6.45, 7) is 5.42. The number of aromatic nitrogens is 4. The molecule has 0 fully saturated rings. The molecule has 1 aromatic carbocycles. The van der Waals surface area contributed by atoms with Gasteiger partial charge in [0.25, 0.3) is 11.7 Å². The van der Waals surface area contributed by atoms with Gasteiger partial charge >= 0.3 is 5.97 Å². The van der Waals surface area contributed by atoms with Crippen LogP contribution < -0.4 is 11.1 Å². The van der Waals surface area contributed by atoms with E-state index in [4.69, 9.17) is 10.5 Å². The molecule has 152 valence electrons. The topological polar surface area (TPSA) is 124 Å². The Labute approximate surface area is 168 Å². The molecule has 0 atom stereocenters. The van der Waals surface area contributed by atoms with Gasteiger partial charge in [0.15, 0.2) is 6.61 Å². The number of nitrogens with one attached hydrogen (secondary N) is 1. The molecule has 0 aliphatic heterocycles. The van der Waals surface area contributed by atoms with E-state index in [0.29, 0.717) is 17.9 Å². The van der Waals surface area contributed by atoms with Gasteiger partial charge in [0, 0.05) is 23.5 Å². The minimum atomic E-state index is -0.459. The molecule has 0 unspecified atom stereocenters. The van der Waals surface area contributed by atoms with Crippen LogP contribution in [0, 0.1) is 13.8 Å².